The van der Waals surface area contributed by atoms with Gasteiger partial charge in [-0.05, 0) is 24.3 Å². The van der Waals surface area contributed by atoms with Gasteiger partial charge in [0.25, 0.3) is 11.8 Å². The maximum atomic E-state index is 12.0. The monoisotopic (exact) mass is 370 g/mol. The van der Waals surface area contributed by atoms with Gasteiger partial charge >= 0.3 is 0 Å². The largest absolute Gasteiger partial charge is 0.271 e. The van der Waals surface area contributed by atoms with Gasteiger partial charge in [-0.2, -0.15) is 10.2 Å². The second kappa shape index (κ2) is 9.59. The Morgan fingerprint density at radius 2 is 0.929 bits per heavy atom. The summed E-state index contributed by atoms with van der Waals surface area (Å²) in [6, 6.07) is 25.0. The van der Waals surface area contributed by atoms with E-state index in [2.05, 4.69) is 21.1 Å². The first-order valence-electron chi connectivity index (χ1n) is 8.60. The van der Waals surface area contributed by atoms with Gasteiger partial charge in [-0.3, -0.25) is 9.59 Å². The summed E-state index contributed by atoms with van der Waals surface area (Å²) in [5.41, 5.74) is 7.51. The van der Waals surface area contributed by atoms with Gasteiger partial charge in [-0.1, -0.05) is 60.7 Å². The summed E-state index contributed by atoms with van der Waals surface area (Å²) in [5, 5.41) is 7.99. The molecule has 0 atom stereocenters. The second-order valence-electron chi connectivity index (χ2n) is 5.76. The fraction of sp³-hybridized carbons (Fsp3) is 0. The number of hydrazone groups is 2. The molecule has 0 aliphatic rings. The number of nitrogens with zero attached hydrogens (tertiary/aromatic N) is 2. The highest BCUT2D eigenvalue weighted by Gasteiger charge is 2.03. The zero-order valence-corrected chi connectivity index (χ0v) is 14.9. The van der Waals surface area contributed by atoms with Crippen LogP contribution in [0.3, 0.4) is 0 Å². The van der Waals surface area contributed by atoms with Gasteiger partial charge in [0.1, 0.15) is 0 Å². The van der Waals surface area contributed by atoms with Gasteiger partial charge in [-0.25, -0.2) is 10.9 Å². The Kier molecular flexibility index (Phi) is 6.41. The molecule has 3 aromatic rings. The molecule has 6 heteroatoms. The predicted molar refractivity (Wildman–Crippen MR) is 109 cm³/mol. The molecule has 28 heavy (non-hydrogen) atoms. The fourth-order valence-corrected chi connectivity index (χ4v) is 2.38. The maximum absolute atomic E-state index is 12.0. The second-order valence-corrected chi connectivity index (χ2v) is 5.76. The number of amides is 2. The zero-order valence-electron chi connectivity index (χ0n) is 14.9. The van der Waals surface area contributed by atoms with E-state index in [0.29, 0.717) is 11.1 Å². The molecule has 0 heterocycles. The summed E-state index contributed by atoms with van der Waals surface area (Å²) in [4.78, 5) is 24.0. The highest BCUT2D eigenvalue weighted by atomic mass is 16.2. The van der Waals surface area contributed by atoms with Gasteiger partial charge in [0.2, 0.25) is 0 Å². The summed E-state index contributed by atoms with van der Waals surface area (Å²) in [6.07, 6.45) is 3.06. The Bertz CT molecular complexity index is 917. The van der Waals surface area contributed by atoms with Crippen LogP contribution in [0.15, 0.2) is 95.1 Å². The van der Waals surface area contributed by atoms with Crippen molar-refractivity contribution in [3.63, 3.8) is 0 Å². The summed E-state index contributed by atoms with van der Waals surface area (Å²) in [7, 11) is 0. The van der Waals surface area contributed by atoms with E-state index in [1.807, 2.05) is 36.4 Å². The lowest BCUT2D eigenvalue weighted by atomic mass is 10.1. The third-order valence-electron chi connectivity index (χ3n) is 3.81. The first kappa shape index (κ1) is 18.7. The van der Waals surface area contributed by atoms with Crippen molar-refractivity contribution in [3.05, 3.63) is 107 Å². The molecule has 2 N–H and O–H groups in total. The Morgan fingerprint density at radius 1 is 0.571 bits per heavy atom. The van der Waals surface area contributed by atoms with E-state index in [0.717, 1.165) is 11.1 Å². The molecule has 0 bridgehead atoms. The molecule has 3 rings (SSSR count). The molecule has 2 amide bonds. The SMILES string of the molecule is O=C(N/N=C\c1ccccc1/C=N/NC(=O)c1ccccc1)c1ccccc1. The lowest BCUT2D eigenvalue weighted by molar-refractivity contribution is 0.0947. The van der Waals surface area contributed by atoms with Crippen LogP contribution in [-0.2, 0) is 0 Å². The van der Waals surface area contributed by atoms with Crippen LogP contribution in [0.4, 0.5) is 0 Å². The van der Waals surface area contributed by atoms with Crippen LogP contribution in [-0.4, -0.2) is 24.2 Å². The van der Waals surface area contributed by atoms with Gasteiger partial charge in [-0.15, -0.1) is 0 Å². The minimum Gasteiger partial charge on any atom is -0.267 e. The minimum atomic E-state index is -0.293. The first-order valence-corrected chi connectivity index (χ1v) is 8.60. The highest BCUT2D eigenvalue weighted by molar-refractivity contribution is 5.98. The summed E-state index contributed by atoms with van der Waals surface area (Å²) in [6.45, 7) is 0. The van der Waals surface area contributed by atoms with Crippen molar-refractivity contribution in [2.75, 3.05) is 0 Å². The summed E-state index contributed by atoms with van der Waals surface area (Å²) < 4.78 is 0. The molecule has 0 aliphatic carbocycles. The molecule has 138 valence electrons. The average Bonchev–Trinajstić information content (AvgIpc) is 2.76. The number of hydrogen-bond donors (Lipinski definition) is 2. The zero-order chi connectivity index (χ0) is 19.6. The van der Waals surface area contributed by atoms with Crippen LogP contribution in [0.5, 0.6) is 0 Å². The number of nitrogens with one attached hydrogen (secondary N) is 2. The Balaban J connectivity index is 1.62. The molecule has 0 aliphatic heterocycles. The number of carbonyl (C=O) groups is 2. The lowest BCUT2D eigenvalue weighted by Gasteiger charge is -2.02. The maximum Gasteiger partial charge on any atom is 0.271 e. The van der Waals surface area contributed by atoms with E-state index in [4.69, 9.17) is 0 Å². The standard InChI is InChI=1S/C22H18N4O2/c27-21(17-9-3-1-4-10-17)25-23-15-19-13-7-8-14-20(19)16-24-26-22(28)18-11-5-2-6-12-18/h1-16H,(H,25,27)(H,26,28)/b23-15-,24-16+. The van der Waals surface area contributed by atoms with Crippen LogP contribution in [0, 0.1) is 0 Å². The van der Waals surface area contributed by atoms with Crippen molar-refractivity contribution in [3.8, 4) is 0 Å². The van der Waals surface area contributed by atoms with Crippen molar-refractivity contribution in [2.45, 2.75) is 0 Å². The van der Waals surface area contributed by atoms with Gasteiger partial charge in [0, 0.05) is 22.3 Å². The van der Waals surface area contributed by atoms with E-state index in [1.165, 1.54) is 12.4 Å². The number of hydrogen-bond acceptors (Lipinski definition) is 4. The number of rotatable bonds is 6. The van der Waals surface area contributed by atoms with Gasteiger partial charge in [0.05, 0.1) is 12.4 Å². The van der Waals surface area contributed by atoms with Crippen molar-refractivity contribution in [2.24, 2.45) is 10.2 Å². The van der Waals surface area contributed by atoms with Crippen LogP contribution in [0.2, 0.25) is 0 Å². The molecule has 0 saturated carbocycles. The molecule has 0 unspecified atom stereocenters. The molecule has 0 spiro atoms. The topological polar surface area (TPSA) is 82.9 Å². The normalized spacial score (nSPS) is 10.9. The Hall–Kier alpha value is -4.06. The molecular weight excluding hydrogens is 352 g/mol. The third-order valence-corrected chi connectivity index (χ3v) is 3.81. The Morgan fingerprint density at radius 3 is 1.32 bits per heavy atom. The van der Waals surface area contributed by atoms with Crippen LogP contribution >= 0.6 is 0 Å². The lowest BCUT2D eigenvalue weighted by Crippen LogP contribution is -2.18. The van der Waals surface area contributed by atoms with Gasteiger partial charge in [0.15, 0.2) is 0 Å². The van der Waals surface area contributed by atoms with E-state index < -0.39 is 0 Å². The van der Waals surface area contributed by atoms with Crippen molar-refractivity contribution in [1.82, 2.24) is 10.9 Å². The van der Waals surface area contributed by atoms with E-state index in [1.54, 1.807) is 48.5 Å². The smallest absolute Gasteiger partial charge is 0.267 e. The summed E-state index contributed by atoms with van der Waals surface area (Å²) >= 11 is 0. The van der Waals surface area contributed by atoms with Gasteiger partial charge < -0.3 is 0 Å². The molecule has 3 aromatic carbocycles. The van der Waals surface area contributed by atoms with Crippen molar-refractivity contribution in [1.29, 1.82) is 0 Å². The first-order chi connectivity index (χ1) is 13.7. The average molecular weight is 370 g/mol. The van der Waals surface area contributed by atoms with Crippen LogP contribution in [0.25, 0.3) is 0 Å². The van der Waals surface area contributed by atoms with Crippen molar-refractivity contribution >= 4 is 24.2 Å². The number of carbonyl (C=O) groups excluding carboxylic acids is 2. The molecule has 6 nitrogen and oxygen atoms in total. The molecule has 0 fully saturated rings. The minimum absolute atomic E-state index is 0.293. The molecule has 0 saturated heterocycles. The molecular formula is C22H18N4O2. The third kappa shape index (κ3) is 5.22. The van der Waals surface area contributed by atoms with E-state index >= 15 is 0 Å². The van der Waals surface area contributed by atoms with E-state index in [9.17, 15) is 9.59 Å². The quantitative estimate of drug-likeness (QED) is 0.516. The summed E-state index contributed by atoms with van der Waals surface area (Å²) in [5.74, 6) is -0.587. The van der Waals surface area contributed by atoms with Crippen molar-refractivity contribution < 1.29 is 9.59 Å². The molecule has 0 aromatic heterocycles. The van der Waals surface area contributed by atoms with Crippen LogP contribution < -0.4 is 10.9 Å². The predicted octanol–water partition coefficient (Wildman–Crippen LogP) is 3.21. The number of benzene rings is 3. The molecule has 0 radical (unpaired) electrons. The van der Waals surface area contributed by atoms with Crippen LogP contribution in [0.1, 0.15) is 31.8 Å². The fourth-order valence-electron chi connectivity index (χ4n) is 2.38. The van der Waals surface area contributed by atoms with E-state index in [-0.39, 0.29) is 11.8 Å². The highest BCUT2D eigenvalue weighted by Crippen LogP contribution is 2.04. The Labute approximate surface area is 162 Å².